The molecule has 1 N–H and O–H groups in total. The highest BCUT2D eigenvalue weighted by Gasteiger charge is 2.34. The van der Waals surface area contributed by atoms with Gasteiger partial charge in [-0.15, -0.1) is 0 Å². The Labute approximate surface area is 175 Å². The number of hydrogen-bond acceptors (Lipinski definition) is 4. The van der Waals surface area contributed by atoms with Gasteiger partial charge in [-0.25, -0.2) is 0 Å². The van der Waals surface area contributed by atoms with Crippen LogP contribution in [0.4, 0.5) is 19.0 Å². The van der Waals surface area contributed by atoms with Crippen LogP contribution in [0.2, 0.25) is 0 Å². The van der Waals surface area contributed by atoms with Crippen LogP contribution in [-0.4, -0.2) is 58.7 Å². The molecule has 29 heavy (non-hydrogen) atoms. The molecule has 0 atom stereocenters. The molecule has 1 amide bonds. The Hall–Kier alpha value is -1.91. The van der Waals surface area contributed by atoms with Crippen LogP contribution in [0.3, 0.4) is 0 Å². The second-order valence-corrected chi connectivity index (χ2v) is 8.08. The second-order valence-electron chi connectivity index (χ2n) is 7.27. The lowest BCUT2D eigenvalue weighted by Gasteiger charge is -2.33. The molecule has 1 aliphatic heterocycles. The van der Waals surface area contributed by atoms with Crippen molar-refractivity contribution in [3.8, 4) is 0 Å². The summed E-state index contributed by atoms with van der Waals surface area (Å²) in [5.74, 6) is -0.0809. The van der Waals surface area contributed by atoms with Crippen LogP contribution in [0, 0.1) is 0 Å². The van der Waals surface area contributed by atoms with Crippen LogP contribution < -0.4 is 5.32 Å². The smallest absolute Gasteiger partial charge is 0.309 e. The zero-order valence-electron chi connectivity index (χ0n) is 16.3. The van der Waals surface area contributed by atoms with E-state index in [-0.39, 0.29) is 18.5 Å². The van der Waals surface area contributed by atoms with Crippen molar-refractivity contribution in [2.24, 2.45) is 7.05 Å². The number of likely N-dealkylation sites (N-methyl/N-ethyl adjacent to an activating group) is 1. The second kappa shape index (κ2) is 8.85. The Balaban J connectivity index is 1.72. The zero-order valence-corrected chi connectivity index (χ0v) is 17.8. The average Bonchev–Trinajstić information content (AvgIpc) is 2.94. The molecule has 0 spiro atoms. The first-order valence-corrected chi connectivity index (χ1v) is 10.0. The van der Waals surface area contributed by atoms with Crippen molar-refractivity contribution in [1.82, 2.24) is 19.6 Å². The van der Waals surface area contributed by atoms with E-state index in [9.17, 15) is 18.0 Å². The van der Waals surface area contributed by atoms with Crippen molar-refractivity contribution in [1.29, 1.82) is 0 Å². The van der Waals surface area contributed by atoms with E-state index < -0.39 is 17.6 Å². The molecule has 1 aliphatic rings. The molecule has 0 saturated carbocycles. The van der Waals surface area contributed by atoms with E-state index in [1.807, 2.05) is 11.9 Å². The van der Waals surface area contributed by atoms with Gasteiger partial charge in [-0.1, -0.05) is 12.1 Å². The van der Waals surface area contributed by atoms with Crippen molar-refractivity contribution >= 4 is 27.7 Å². The SMILES string of the molecule is CN1CCN(Cc2ccc(CC(=O)Nc3cc(Br)n(C)n3)cc2C(F)(F)F)CC1. The maximum atomic E-state index is 13.6. The molecular formula is C19H23BrF3N5O. The number of alkyl halides is 3. The molecule has 1 aromatic heterocycles. The Morgan fingerprint density at radius 1 is 1.17 bits per heavy atom. The number of amides is 1. The monoisotopic (exact) mass is 473 g/mol. The first-order chi connectivity index (χ1) is 13.6. The third-order valence-corrected chi connectivity index (χ3v) is 5.67. The van der Waals surface area contributed by atoms with Crippen molar-refractivity contribution < 1.29 is 18.0 Å². The number of piperazine rings is 1. The van der Waals surface area contributed by atoms with Gasteiger partial charge in [-0.2, -0.15) is 18.3 Å². The van der Waals surface area contributed by atoms with Crippen molar-refractivity contribution in [3.63, 3.8) is 0 Å². The van der Waals surface area contributed by atoms with Crippen molar-refractivity contribution in [2.45, 2.75) is 19.1 Å². The van der Waals surface area contributed by atoms with Gasteiger partial charge in [0.15, 0.2) is 5.82 Å². The van der Waals surface area contributed by atoms with Gasteiger partial charge >= 0.3 is 6.18 Å². The molecule has 2 aromatic rings. The third kappa shape index (κ3) is 5.80. The maximum Gasteiger partial charge on any atom is 0.416 e. The normalized spacial score (nSPS) is 16.2. The maximum absolute atomic E-state index is 13.6. The number of aryl methyl sites for hydroxylation is 1. The molecule has 0 radical (unpaired) electrons. The first-order valence-electron chi connectivity index (χ1n) is 9.21. The number of carbonyl (C=O) groups is 1. The lowest BCUT2D eigenvalue weighted by molar-refractivity contribution is -0.138. The number of nitrogens with one attached hydrogen (secondary N) is 1. The summed E-state index contributed by atoms with van der Waals surface area (Å²) in [7, 11) is 3.70. The Bertz CT molecular complexity index is 856. The molecular weight excluding hydrogens is 451 g/mol. The molecule has 10 heteroatoms. The molecule has 1 fully saturated rings. The number of nitrogens with zero attached hydrogens (tertiary/aromatic N) is 4. The third-order valence-electron chi connectivity index (χ3n) is 4.92. The molecule has 2 heterocycles. The standard InChI is InChI=1S/C19H23BrF3N5O/c1-26-5-7-28(8-6-26)12-14-4-3-13(9-15(14)19(21,22)23)10-18(29)24-17-11-16(20)27(2)25-17/h3-4,9,11H,5-8,10,12H2,1-2H3,(H,24,25,29). The van der Waals surface area contributed by atoms with Gasteiger partial charge in [0.2, 0.25) is 5.91 Å². The summed E-state index contributed by atoms with van der Waals surface area (Å²) in [6, 6.07) is 5.78. The fraction of sp³-hybridized carbons (Fsp3) is 0.474. The van der Waals surface area contributed by atoms with Crippen LogP contribution in [0.15, 0.2) is 28.9 Å². The first kappa shape index (κ1) is 21.8. The van der Waals surface area contributed by atoms with Gasteiger partial charge in [0.25, 0.3) is 0 Å². The van der Waals surface area contributed by atoms with E-state index in [4.69, 9.17) is 0 Å². The van der Waals surface area contributed by atoms with Crippen LogP contribution >= 0.6 is 15.9 Å². The zero-order chi connectivity index (χ0) is 21.2. The number of benzene rings is 1. The summed E-state index contributed by atoms with van der Waals surface area (Å²) in [4.78, 5) is 16.4. The fourth-order valence-electron chi connectivity index (χ4n) is 3.26. The quantitative estimate of drug-likeness (QED) is 0.724. The molecule has 3 rings (SSSR count). The molecule has 0 unspecified atom stereocenters. The van der Waals surface area contributed by atoms with Crippen LogP contribution in [0.1, 0.15) is 16.7 Å². The Morgan fingerprint density at radius 3 is 2.45 bits per heavy atom. The van der Waals surface area contributed by atoms with Crippen LogP contribution in [0.5, 0.6) is 0 Å². The van der Waals surface area contributed by atoms with Gasteiger partial charge in [0.05, 0.1) is 12.0 Å². The summed E-state index contributed by atoms with van der Waals surface area (Å²) in [6.07, 6.45) is -4.63. The lowest BCUT2D eigenvalue weighted by atomic mass is 10.0. The number of aromatic nitrogens is 2. The number of anilines is 1. The minimum Gasteiger partial charge on any atom is -0.309 e. The van der Waals surface area contributed by atoms with Crippen molar-refractivity contribution in [2.75, 3.05) is 38.5 Å². The highest BCUT2D eigenvalue weighted by molar-refractivity contribution is 9.10. The van der Waals surface area contributed by atoms with Gasteiger partial charge in [-0.05, 0) is 40.2 Å². The number of carbonyl (C=O) groups excluding carboxylic acids is 1. The predicted octanol–water partition coefficient (Wildman–Crippen LogP) is 3.13. The molecule has 6 nitrogen and oxygen atoms in total. The van der Waals surface area contributed by atoms with E-state index >= 15 is 0 Å². The minimum absolute atomic E-state index is 0.161. The topological polar surface area (TPSA) is 53.4 Å². The van der Waals surface area contributed by atoms with Gasteiger partial charge in [-0.3, -0.25) is 14.4 Å². The predicted molar refractivity (Wildman–Crippen MR) is 107 cm³/mol. The van der Waals surface area contributed by atoms with Crippen LogP contribution in [0.25, 0.3) is 0 Å². The minimum atomic E-state index is -4.47. The lowest BCUT2D eigenvalue weighted by Crippen LogP contribution is -2.44. The van der Waals surface area contributed by atoms with Crippen molar-refractivity contribution in [3.05, 3.63) is 45.6 Å². The van der Waals surface area contributed by atoms with Gasteiger partial charge in [0, 0.05) is 45.8 Å². The molecule has 0 aliphatic carbocycles. The van der Waals surface area contributed by atoms with E-state index in [0.717, 1.165) is 32.2 Å². The molecule has 0 bridgehead atoms. The Kier molecular flexibility index (Phi) is 6.65. The largest absolute Gasteiger partial charge is 0.416 e. The summed E-state index contributed by atoms with van der Waals surface area (Å²) in [5, 5.41) is 6.68. The van der Waals surface area contributed by atoms with E-state index in [1.54, 1.807) is 19.2 Å². The molecule has 158 valence electrons. The van der Waals surface area contributed by atoms with Gasteiger partial charge < -0.3 is 10.2 Å². The average molecular weight is 474 g/mol. The van der Waals surface area contributed by atoms with Crippen LogP contribution in [-0.2, 0) is 31.0 Å². The van der Waals surface area contributed by atoms with E-state index in [2.05, 4.69) is 31.2 Å². The fourth-order valence-corrected chi connectivity index (χ4v) is 3.56. The number of hydrogen-bond donors (Lipinski definition) is 1. The van der Waals surface area contributed by atoms with E-state index in [0.29, 0.717) is 16.0 Å². The van der Waals surface area contributed by atoms with Gasteiger partial charge in [0.1, 0.15) is 4.60 Å². The molecule has 1 aromatic carbocycles. The summed E-state index contributed by atoms with van der Waals surface area (Å²) < 4.78 is 43.1. The Morgan fingerprint density at radius 2 is 1.86 bits per heavy atom. The summed E-state index contributed by atoms with van der Waals surface area (Å²) in [6.45, 7) is 3.39. The summed E-state index contributed by atoms with van der Waals surface area (Å²) >= 11 is 3.27. The highest BCUT2D eigenvalue weighted by atomic mass is 79.9. The molecule has 1 saturated heterocycles. The highest BCUT2D eigenvalue weighted by Crippen LogP contribution is 2.33. The number of rotatable bonds is 5. The summed E-state index contributed by atoms with van der Waals surface area (Å²) in [5.41, 5.74) is -0.130. The number of halogens is 4. The van der Waals surface area contributed by atoms with E-state index in [1.165, 1.54) is 10.7 Å².